The number of benzene rings is 2. The van der Waals surface area contributed by atoms with Gasteiger partial charge >= 0.3 is 0 Å². The molecule has 2 aromatic carbocycles. The van der Waals surface area contributed by atoms with E-state index in [-0.39, 0.29) is 0 Å². The third-order valence-electron chi connectivity index (χ3n) is 3.27. The van der Waals surface area contributed by atoms with Gasteiger partial charge in [0.25, 0.3) is 0 Å². The lowest BCUT2D eigenvalue weighted by molar-refractivity contribution is 0.726. The van der Waals surface area contributed by atoms with Crippen molar-refractivity contribution in [2.45, 2.75) is 20.0 Å². The van der Waals surface area contributed by atoms with E-state index in [0.29, 0.717) is 0 Å². The molecule has 0 fully saturated rings. The Hall–Kier alpha value is -1.32. The van der Waals surface area contributed by atoms with Crippen molar-refractivity contribution in [2.75, 3.05) is 18.5 Å². The molecule has 0 saturated carbocycles. The maximum absolute atomic E-state index is 3.52. The maximum atomic E-state index is 3.52. The van der Waals surface area contributed by atoms with Gasteiger partial charge < -0.3 is 10.2 Å². The summed E-state index contributed by atoms with van der Waals surface area (Å²) in [6.45, 7) is 4.97. The first-order chi connectivity index (χ1) is 9.69. The lowest BCUT2D eigenvalue weighted by Gasteiger charge is -2.20. The molecule has 0 radical (unpaired) electrons. The van der Waals surface area contributed by atoms with Gasteiger partial charge in [-0.25, -0.2) is 0 Å². The normalized spacial score (nSPS) is 10.6. The highest BCUT2D eigenvalue weighted by atomic mass is 79.9. The van der Waals surface area contributed by atoms with Crippen LogP contribution in [0.15, 0.2) is 53.0 Å². The minimum atomic E-state index is 0.909. The lowest BCUT2D eigenvalue weighted by Crippen LogP contribution is -2.16. The maximum Gasteiger partial charge on any atom is 0.0426 e. The molecule has 0 heterocycles. The summed E-state index contributed by atoms with van der Waals surface area (Å²) in [6, 6.07) is 17.2. The summed E-state index contributed by atoms with van der Waals surface area (Å²) in [5.74, 6) is 0. The number of nitrogens with zero attached hydrogens (tertiary/aromatic N) is 1. The van der Waals surface area contributed by atoms with Gasteiger partial charge in [0.15, 0.2) is 0 Å². The summed E-state index contributed by atoms with van der Waals surface area (Å²) in [7, 11) is 2.13. The van der Waals surface area contributed by atoms with E-state index < -0.39 is 0 Å². The van der Waals surface area contributed by atoms with E-state index in [0.717, 1.165) is 24.1 Å². The van der Waals surface area contributed by atoms with Gasteiger partial charge in [-0.1, -0.05) is 47.1 Å². The van der Waals surface area contributed by atoms with Crippen molar-refractivity contribution < 1.29 is 0 Å². The van der Waals surface area contributed by atoms with Crippen molar-refractivity contribution in [3.63, 3.8) is 0 Å². The molecule has 0 spiro atoms. The smallest absolute Gasteiger partial charge is 0.0426 e. The Balaban J connectivity index is 2.00. The van der Waals surface area contributed by atoms with Crippen LogP contribution in [0, 0.1) is 0 Å². The molecule has 0 bridgehead atoms. The average Bonchev–Trinajstić information content (AvgIpc) is 2.45. The molecular formula is C17H21BrN2. The first kappa shape index (κ1) is 15.1. The molecule has 0 aliphatic carbocycles. The van der Waals surface area contributed by atoms with Crippen LogP contribution in [0.5, 0.6) is 0 Å². The molecule has 0 atom stereocenters. The van der Waals surface area contributed by atoms with Crippen LogP contribution < -0.4 is 10.2 Å². The molecule has 0 aromatic heterocycles. The fraction of sp³-hybridized carbons (Fsp3) is 0.294. The number of hydrogen-bond acceptors (Lipinski definition) is 2. The van der Waals surface area contributed by atoms with Crippen molar-refractivity contribution in [2.24, 2.45) is 0 Å². The fourth-order valence-electron chi connectivity index (χ4n) is 2.14. The third kappa shape index (κ3) is 4.36. The molecule has 2 rings (SSSR count). The van der Waals surface area contributed by atoms with Crippen LogP contribution in [0.1, 0.15) is 18.1 Å². The van der Waals surface area contributed by atoms with E-state index in [1.54, 1.807) is 0 Å². The highest BCUT2D eigenvalue weighted by molar-refractivity contribution is 9.10. The van der Waals surface area contributed by atoms with E-state index >= 15 is 0 Å². The van der Waals surface area contributed by atoms with Crippen molar-refractivity contribution in [1.29, 1.82) is 0 Å². The van der Waals surface area contributed by atoms with Crippen LogP contribution in [0.25, 0.3) is 0 Å². The second kappa shape index (κ2) is 7.46. The van der Waals surface area contributed by atoms with Gasteiger partial charge in [0.05, 0.1) is 0 Å². The topological polar surface area (TPSA) is 15.3 Å². The molecule has 2 nitrogen and oxygen atoms in total. The fourth-order valence-corrected chi connectivity index (χ4v) is 2.58. The van der Waals surface area contributed by atoms with Crippen LogP contribution in [0.2, 0.25) is 0 Å². The van der Waals surface area contributed by atoms with Gasteiger partial charge in [-0.15, -0.1) is 0 Å². The zero-order chi connectivity index (χ0) is 14.4. The van der Waals surface area contributed by atoms with Gasteiger partial charge in [-0.05, 0) is 41.9 Å². The van der Waals surface area contributed by atoms with Gasteiger partial charge in [-0.3, -0.25) is 0 Å². The zero-order valence-electron chi connectivity index (χ0n) is 12.1. The van der Waals surface area contributed by atoms with Gasteiger partial charge in [0.1, 0.15) is 0 Å². The van der Waals surface area contributed by atoms with Gasteiger partial charge in [0.2, 0.25) is 0 Å². The summed E-state index contributed by atoms with van der Waals surface area (Å²) in [5, 5.41) is 3.34. The van der Waals surface area contributed by atoms with Crippen molar-refractivity contribution in [3.05, 3.63) is 64.1 Å². The Bertz CT molecular complexity index is 537. The van der Waals surface area contributed by atoms with E-state index in [9.17, 15) is 0 Å². The second-order valence-electron chi connectivity index (χ2n) is 4.93. The lowest BCUT2D eigenvalue weighted by atomic mass is 10.1. The zero-order valence-corrected chi connectivity index (χ0v) is 13.7. The predicted molar refractivity (Wildman–Crippen MR) is 90.1 cm³/mol. The van der Waals surface area contributed by atoms with Crippen LogP contribution in [-0.2, 0) is 13.1 Å². The minimum Gasteiger partial charge on any atom is -0.370 e. The summed E-state index contributed by atoms with van der Waals surface area (Å²) in [6.07, 6.45) is 0. The summed E-state index contributed by atoms with van der Waals surface area (Å²) in [4.78, 5) is 2.26. The third-order valence-corrected chi connectivity index (χ3v) is 3.76. The quantitative estimate of drug-likeness (QED) is 0.852. The molecule has 0 saturated heterocycles. The first-order valence-corrected chi connectivity index (χ1v) is 7.73. The Morgan fingerprint density at radius 1 is 1.05 bits per heavy atom. The van der Waals surface area contributed by atoms with Gasteiger partial charge in [-0.2, -0.15) is 0 Å². The Morgan fingerprint density at radius 3 is 2.45 bits per heavy atom. The van der Waals surface area contributed by atoms with Crippen molar-refractivity contribution in [1.82, 2.24) is 5.32 Å². The Kier molecular flexibility index (Phi) is 5.62. The number of hydrogen-bond donors (Lipinski definition) is 1. The van der Waals surface area contributed by atoms with E-state index in [4.69, 9.17) is 0 Å². The predicted octanol–water partition coefficient (Wildman–Crippen LogP) is 4.20. The molecule has 2 aromatic rings. The molecular weight excluding hydrogens is 312 g/mol. The molecule has 0 unspecified atom stereocenters. The van der Waals surface area contributed by atoms with Crippen LogP contribution in [-0.4, -0.2) is 13.6 Å². The van der Waals surface area contributed by atoms with Gasteiger partial charge in [0, 0.05) is 30.3 Å². The standard InChI is InChI=1S/C17H21BrN2/c1-3-19-12-14-7-9-17(10-8-14)20(2)13-15-5-4-6-16(18)11-15/h4-11,19H,3,12-13H2,1-2H3. The monoisotopic (exact) mass is 332 g/mol. The summed E-state index contributed by atoms with van der Waals surface area (Å²) in [5.41, 5.74) is 3.87. The van der Waals surface area contributed by atoms with E-state index in [2.05, 4.69) is 88.6 Å². The van der Waals surface area contributed by atoms with E-state index in [1.807, 2.05) is 0 Å². The second-order valence-corrected chi connectivity index (χ2v) is 5.85. The highest BCUT2D eigenvalue weighted by Gasteiger charge is 2.03. The number of anilines is 1. The minimum absolute atomic E-state index is 0.909. The van der Waals surface area contributed by atoms with Crippen molar-refractivity contribution >= 4 is 21.6 Å². The van der Waals surface area contributed by atoms with Crippen LogP contribution >= 0.6 is 15.9 Å². The van der Waals surface area contributed by atoms with Crippen LogP contribution in [0.3, 0.4) is 0 Å². The molecule has 20 heavy (non-hydrogen) atoms. The SMILES string of the molecule is CCNCc1ccc(N(C)Cc2cccc(Br)c2)cc1. The highest BCUT2D eigenvalue weighted by Crippen LogP contribution is 2.18. The summed E-state index contributed by atoms with van der Waals surface area (Å²) >= 11 is 3.52. The Labute approximate surface area is 129 Å². The average molecular weight is 333 g/mol. The van der Waals surface area contributed by atoms with Crippen LogP contribution in [0.4, 0.5) is 5.69 Å². The molecule has 0 amide bonds. The number of halogens is 1. The molecule has 0 aliphatic heterocycles. The van der Waals surface area contributed by atoms with Crippen molar-refractivity contribution in [3.8, 4) is 0 Å². The molecule has 3 heteroatoms. The first-order valence-electron chi connectivity index (χ1n) is 6.94. The van der Waals surface area contributed by atoms with E-state index in [1.165, 1.54) is 16.8 Å². The summed E-state index contributed by atoms with van der Waals surface area (Å²) < 4.78 is 1.13. The largest absolute Gasteiger partial charge is 0.370 e. The number of nitrogens with one attached hydrogen (secondary N) is 1. The Morgan fingerprint density at radius 2 is 1.80 bits per heavy atom. The molecule has 0 aliphatic rings. The number of rotatable bonds is 6. The molecule has 1 N–H and O–H groups in total. The molecule has 106 valence electrons.